The zero-order valence-electron chi connectivity index (χ0n) is 35.0. The van der Waals surface area contributed by atoms with Gasteiger partial charge in [-0.15, -0.1) is 0 Å². The molecule has 4 saturated carbocycles. The Morgan fingerprint density at radius 1 is 0.534 bits per heavy atom. The van der Waals surface area contributed by atoms with Crippen LogP contribution in [-0.2, 0) is 21.7 Å². The summed E-state index contributed by atoms with van der Waals surface area (Å²) in [6, 6.07) is 50.1. The first-order valence-electron chi connectivity index (χ1n) is 22.2. The second kappa shape index (κ2) is 12.0. The summed E-state index contributed by atoms with van der Waals surface area (Å²) in [7, 11) is 0. The third-order valence-electron chi connectivity index (χ3n) is 16.6. The van der Waals surface area contributed by atoms with Crippen LogP contribution in [0, 0.1) is 23.7 Å². The molecule has 4 fully saturated rings. The maximum Gasteiger partial charge on any atom is 0.0551 e. The van der Waals surface area contributed by atoms with E-state index < -0.39 is 0 Å². The smallest absolute Gasteiger partial charge is 0.0551 e. The van der Waals surface area contributed by atoms with E-state index in [9.17, 15) is 0 Å². The fourth-order valence-corrected chi connectivity index (χ4v) is 15.2. The number of hydrogen-bond donors (Lipinski definition) is 0. The van der Waals surface area contributed by atoms with E-state index in [0.29, 0.717) is 5.92 Å². The Labute approximate surface area is 350 Å². The second-order valence-corrected chi connectivity index (χ2v) is 21.8. The Morgan fingerprint density at radius 2 is 1.19 bits per heavy atom. The van der Waals surface area contributed by atoms with Gasteiger partial charge in [-0.25, -0.2) is 0 Å². The molecule has 2 heteroatoms. The highest BCUT2D eigenvalue weighted by Crippen LogP contribution is 2.73. The summed E-state index contributed by atoms with van der Waals surface area (Å²) in [4.78, 5) is 5.61. The predicted molar refractivity (Wildman–Crippen MR) is 243 cm³/mol. The van der Waals surface area contributed by atoms with Crippen LogP contribution in [0.25, 0.3) is 22.3 Å². The van der Waals surface area contributed by atoms with Crippen LogP contribution in [0.2, 0.25) is 0 Å². The van der Waals surface area contributed by atoms with Gasteiger partial charge >= 0.3 is 0 Å². The van der Waals surface area contributed by atoms with Crippen LogP contribution in [0.1, 0.15) is 113 Å². The molecule has 0 aromatic heterocycles. The summed E-state index contributed by atoms with van der Waals surface area (Å²) in [5.74, 6) is 3.22. The average Bonchev–Trinajstić information content (AvgIpc) is 3.74. The number of anilines is 3. The van der Waals surface area contributed by atoms with Crippen molar-refractivity contribution in [3.8, 4) is 22.3 Å². The van der Waals surface area contributed by atoms with Crippen LogP contribution in [-0.4, -0.2) is 0 Å². The molecule has 1 heterocycles. The van der Waals surface area contributed by atoms with E-state index in [1.165, 1.54) is 110 Å². The quantitative estimate of drug-likeness (QED) is 0.176. The number of hydrogen-bond acceptors (Lipinski definition) is 2. The van der Waals surface area contributed by atoms with Gasteiger partial charge in [-0.2, -0.15) is 0 Å². The molecular formula is C56H55NS. The number of rotatable bonds is 4. The third kappa shape index (κ3) is 4.67. The summed E-state index contributed by atoms with van der Waals surface area (Å²) in [5, 5.41) is 0. The van der Waals surface area contributed by atoms with Crippen LogP contribution in [0.3, 0.4) is 0 Å². The lowest BCUT2D eigenvalue weighted by Crippen LogP contribution is -2.44. The lowest BCUT2D eigenvalue weighted by molar-refractivity contribution is 0.181. The summed E-state index contributed by atoms with van der Waals surface area (Å²) < 4.78 is 0. The molecule has 0 N–H and O–H groups in total. The highest BCUT2D eigenvalue weighted by atomic mass is 32.2. The van der Waals surface area contributed by atoms with E-state index in [0.717, 1.165) is 17.8 Å². The lowest BCUT2D eigenvalue weighted by atomic mass is 9.57. The first kappa shape index (κ1) is 35.4. The molecular weight excluding hydrogens is 719 g/mol. The summed E-state index contributed by atoms with van der Waals surface area (Å²) in [6.07, 6.45) is 8.01. The van der Waals surface area contributed by atoms with Crippen molar-refractivity contribution in [1.29, 1.82) is 0 Å². The predicted octanol–water partition coefficient (Wildman–Crippen LogP) is 15.3. The minimum absolute atomic E-state index is 0.0898. The Kier molecular flexibility index (Phi) is 7.35. The first-order valence-corrected chi connectivity index (χ1v) is 23.0. The molecule has 1 spiro atoms. The molecule has 58 heavy (non-hydrogen) atoms. The van der Waals surface area contributed by atoms with Crippen LogP contribution in [0.15, 0.2) is 137 Å². The minimum Gasteiger partial charge on any atom is -0.310 e. The van der Waals surface area contributed by atoms with Crippen molar-refractivity contribution in [2.24, 2.45) is 23.7 Å². The number of benzene rings is 6. The second-order valence-electron chi connectivity index (χ2n) is 20.8. The molecule has 290 valence electrons. The molecule has 1 nitrogen and oxygen atoms in total. The van der Waals surface area contributed by atoms with Crippen molar-refractivity contribution in [3.63, 3.8) is 0 Å². The van der Waals surface area contributed by atoms with Gasteiger partial charge in [0.15, 0.2) is 0 Å². The number of nitrogens with zero attached hydrogens (tertiary/aromatic N) is 1. The van der Waals surface area contributed by atoms with Crippen molar-refractivity contribution in [1.82, 2.24) is 0 Å². The minimum atomic E-state index is -0.0968. The molecule has 0 amide bonds. The van der Waals surface area contributed by atoms with Crippen LogP contribution < -0.4 is 4.90 Å². The molecule has 7 aliphatic rings. The standard InChI is InChI=1S/C56H55NS/c1-53(2)26-27-54(3,4)48-33-39(21-23-43(48)53)57(38-20-22-41-40-16-10-11-17-42(40)55(5,6)47(41)32-38)49-25-24-45-52(51(49)35-14-8-7-9-15-35)58-50-19-13-12-18-44(50)56(45)37-29-34-28-36(31-37)46(56)30-34/h7-25,32-34,36-37,46H,26-31H2,1-6H3. The molecule has 0 saturated heterocycles. The van der Waals surface area contributed by atoms with Crippen LogP contribution >= 0.6 is 11.8 Å². The van der Waals surface area contributed by atoms with E-state index in [1.807, 2.05) is 11.8 Å². The van der Waals surface area contributed by atoms with E-state index in [-0.39, 0.29) is 21.7 Å². The molecule has 6 aromatic carbocycles. The number of fused-ring (bicyclic) bond motifs is 6. The van der Waals surface area contributed by atoms with Gasteiger partial charge in [0.05, 0.1) is 5.69 Å². The molecule has 5 atom stereocenters. The SMILES string of the molecule is CC1(C)CCC(C)(C)c2cc(N(c3ccc4c(c3)C(C)(C)c3ccccc3-4)c3ccc4c(c3-c3ccccc3)Sc3ccccc3C43C4CC5CC(C4)C3C5)ccc21. The van der Waals surface area contributed by atoms with Crippen molar-refractivity contribution < 1.29 is 0 Å². The van der Waals surface area contributed by atoms with Gasteiger partial charge in [0.25, 0.3) is 0 Å². The largest absolute Gasteiger partial charge is 0.310 e. The molecule has 6 aliphatic carbocycles. The lowest BCUT2D eigenvalue weighted by Gasteiger charge is -2.50. The van der Waals surface area contributed by atoms with E-state index >= 15 is 0 Å². The molecule has 4 bridgehead atoms. The Balaban J connectivity index is 1.14. The normalized spacial score (nSPS) is 26.8. The van der Waals surface area contributed by atoms with Crippen LogP contribution in [0.5, 0.6) is 0 Å². The molecule has 5 unspecified atom stereocenters. The van der Waals surface area contributed by atoms with Gasteiger partial charge in [-0.3, -0.25) is 0 Å². The van der Waals surface area contributed by atoms with Gasteiger partial charge in [-0.05, 0) is 159 Å². The molecule has 13 rings (SSSR count). The van der Waals surface area contributed by atoms with Crippen molar-refractivity contribution in [3.05, 3.63) is 161 Å². The van der Waals surface area contributed by atoms with Crippen LogP contribution in [0.4, 0.5) is 17.1 Å². The van der Waals surface area contributed by atoms with Gasteiger partial charge in [-0.1, -0.05) is 144 Å². The highest BCUT2D eigenvalue weighted by molar-refractivity contribution is 7.99. The fourth-order valence-electron chi connectivity index (χ4n) is 13.8. The average molecular weight is 774 g/mol. The maximum atomic E-state index is 2.65. The topological polar surface area (TPSA) is 3.24 Å². The highest BCUT2D eigenvalue weighted by Gasteiger charge is 2.65. The summed E-state index contributed by atoms with van der Waals surface area (Å²) in [5.41, 5.74) is 18.5. The van der Waals surface area contributed by atoms with E-state index in [2.05, 4.69) is 174 Å². The molecule has 6 aromatic rings. The Hall–Kier alpha value is -4.53. The maximum absolute atomic E-state index is 2.65. The van der Waals surface area contributed by atoms with Gasteiger partial charge in [0.2, 0.25) is 0 Å². The van der Waals surface area contributed by atoms with Crippen molar-refractivity contribution in [2.75, 3.05) is 4.90 Å². The van der Waals surface area contributed by atoms with Crippen molar-refractivity contribution >= 4 is 28.8 Å². The van der Waals surface area contributed by atoms with E-state index in [4.69, 9.17) is 0 Å². The monoisotopic (exact) mass is 773 g/mol. The zero-order valence-corrected chi connectivity index (χ0v) is 35.8. The fraction of sp³-hybridized carbons (Fsp3) is 0.357. The molecule has 1 aliphatic heterocycles. The van der Waals surface area contributed by atoms with Gasteiger partial charge in [0, 0.05) is 37.6 Å². The summed E-state index contributed by atoms with van der Waals surface area (Å²) >= 11 is 2.05. The van der Waals surface area contributed by atoms with Crippen molar-refractivity contribution in [2.45, 2.75) is 112 Å². The van der Waals surface area contributed by atoms with Gasteiger partial charge in [0.1, 0.15) is 0 Å². The summed E-state index contributed by atoms with van der Waals surface area (Å²) in [6.45, 7) is 14.7. The zero-order chi connectivity index (χ0) is 39.3. The molecule has 0 radical (unpaired) electrons. The van der Waals surface area contributed by atoms with Gasteiger partial charge < -0.3 is 4.90 Å². The Bertz CT molecular complexity index is 2680. The third-order valence-corrected chi connectivity index (χ3v) is 17.8. The van der Waals surface area contributed by atoms with E-state index in [1.54, 1.807) is 11.1 Å². The first-order chi connectivity index (χ1) is 28.0. The Morgan fingerprint density at radius 3 is 1.98 bits per heavy atom.